The molecular formula is C35H57N9O6. The normalized spacial score (nSPS) is 16.9. The van der Waals surface area contributed by atoms with Gasteiger partial charge in [0, 0.05) is 23.5 Å². The average Bonchev–Trinajstić information content (AvgIpc) is 3.52. The third-order valence-corrected chi connectivity index (χ3v) is 9.08. The van der Waals surface area contributed by atoms with Gasteiger partial charge in [-0.3, -0.25) is 19.2 Å². The van der Waals surface area contributed by atoms with E-state index in [2.05, 4.69) is 31.6 Å². The molecule has 1 fully saturated rings. The van der Waals surface area contributed by atoms with Gasteiger partial charge in [0.25, 0.3) is 0 Å². The van der Waals surface area contributed by atoms with E-state index in [0.717, 1.165) is 35.9 Å². The number of carbonyl (C=O) groups is 5. The largest absolute Gasteiger partial charge is 0.480 e. The highest BCUT2D eigenvalue weighted by molar-refractivity contribution is 5.96. The Labute approximate surface area is 294 Å². The van der Waals surface area contributed by atoms with Crippen molar-refractivity contribution in [2.45, 2.75) is 114 Å². The molecule has 1 aromatic carbocycles. The quantitative estimate of drug-likeness (QED) is 0.0708. The van der Waals surface area contributed by atoms with E-state index >= 15 is 0 Å². The number of carboxylic acid groups (broad SMARTS) is 1. The zero-order chi connectivity index (χ0) is 36.3. The summed E-state index contributed by atoms with van der Waals surface area (Å²) in [6, 6.07) is 2.89. The van der Waals surface area contributed by atoms with Crippen LogP contribution in [0, 0.1) is 0 Å². The molecule has 0 spiro atoms. The van der Waals surface area contributed by atoms with Crippen LogP contribution in [0.2, 0.25) is 0 Å². The summed E-state index contributed by atoms with van der Waals surface area (Å²) in [5, 5.41) is 25.0. The van der Waals surface area contributed by atoms with Gasteiger partial charge >= 0.3 is 5.97 Å². The number of nitrogens with two attached hydrogens (primary N) is 3. The number of rotatable bonds is 23. The second kappa shape index (κ2) is 21.9. The lowest BCUT2D eigenvalue weighted by Gasteiger charge is -2.28. The highest BCUT2D eigenvalue weighted by atomic mass is 16.4. The smallest absolute Gasteiger partial charge is 0.326 e. The molecule has 0 saturated carbocycles. The number of unbranched alkanes of at least 4 members (excludes halogenated alkanes) is 3. The van der Waals surface area contributed by atoms with Crippen LogP contribution in [-0.2, 0) is 30.4 Å². The summed E-state index contributed by atoms with van der Waals surface area (Å²) in [4.78, 5) is 69.8. The second-order valence-electron chi connectivity index (χ2n) is 13.0. The molecule has 15 heteroatoms. The number of carbonyl (C=O) groups excluding carboxylic acids is 4. The number of amides is 4. The van der Waals surface area contributed by atoms with Crippen molar-refractivity contribution in [3.05, 3.63) is 36.0 Å². The minimum Gasteiger partial charge on any atom is -0.480 e. The molecule has 0 unspecified atom stereocenters. The Morgan fingerprint density at radius 1 is 0.720 bits per heavy atom. The van der Waals surface area contributed by atoms with Crippen molar-refractivity contribution in [1.82, 2.24) is 31.6 Å². The van der Waals surface area contributed by atoms with Crippen molar-refractivity contribution in [3.8, 4) is 0 Å². The van der Waals surface area contributed by atoms with Crippen LogP contribution in [0.25, 0.3) is 10.9 Å². The summed E-state index contributed by atoms with van der Waals surface area (Å²) in [6.45, 7) is 1.93. The van der Waals surface area contributed by atoms with Crippen molar-refractivity contribution < 1.29 is 29.1 Å². The van der Waals surface area contributed by atoms with Crippen molar-refractivity contribution in [1.29, 1.82) is 0 Å². The molecule has 1 aliphatic rings. The number of benzene rings is 1. The van der Waals surface area contributed by atoms with Crippen LogP contribution in [0.5, 0.6) is 0 Å². The summed E-state index contributed by atoms with van der Waals surface area (Å²) in [5.74, 6) is -3.24. The number of hydrogen-bond acceptors (Lipinski definition) is 9. The highest BCUT2D eigenvalue weighted by Gasteiger charge is 2.32. The van der Waals surface area contributed by atoms with E-state index in [-0.39, 0.29) is 25.2 Å². The molecule has 50 heavy (non-hydrogen) atoms. The van der Waals surface area contributed by atoms with Crippen LogP contribution in [0.4, 0.5) is 0 Å². The molecule has 0 aliphatic carbocycles. The van der Waals surface area contributed by atoms with Gasteiger partial charge in [0.2, 0.25) is 23.6 Å². The summed E-state index contributed by atoms with van der Waals surface area (Å²) in [7, 11) is 0. The number of aliphatic carboxylic acids is 1. The molecule has 0 bridgehead atoms. The van der Waals surface area contributed by atoms with Crippen molar-refractivity contribution >= 4 is 40.5 Å². The lowest BCUT2D eigenvalue weighted by atomic mass is 10.0. The van der Waals surface area contributed by atoms with Gasteiger partial charge in [-0.25, -0.2) is 4.79 Å². The van der Waals surface area contributed by atoms with E-state index in [9.17, 15) is 29.1 Å². The standard InChI is InChI=1S/C35H57N9O6/c36-17-7-3-14-27(32(46)43-29(35(49)50)16-5-9-19-38)42-34(48)30(21-23-22-40-25-12-2-1-11-24(23)25)44-33(47)28(15-4-8-18-37)41-31(45)26-13-6-10-20-39-26/h1-2,11-12,22,26-30,39-40H,3-10,13-21,36-38H2,(H,41,45)(H,42,48)(H,43,46)(H,44,47)(H,49,50)/t26-,27-,28-,29-,30-/m0/s1. The highest BCUT2D eigenvalue weighted by Crippen LogP contribution is 2.20. The maximum Gasteiger partial charge on any atom is 0.326 e. The lowest BCUT2D eigenvalue weighted by Crippen LogP contribution is -2.59. The molecule has 2 aromatic rings. The molecule has 4 amide bonds. The van der Waals surface area contributed by atoms with Crippen LogP contribution >= 0.6 is 0 Å². The van der Waals surface area contributed by atoms with Gasteiger partial charge in [-0.1, -0.05) is 24.6 Å². The number of piperidine rings is 1. The van der Waals surface area contributed by atoms with E-state index in [1.54, 1.807) is 6.20 Å². The Hall–Kier alpha value is -4.05. The first kappa shape index (κ1) is 40.4. The Balaban J connectivity index is 1.86. The molecular weight excluding hydrogens is 642 g/mol. The Morgan fingerprint density at radius 3 is 1.84 bits per heavy atom. The molecule has 0 radical (unpaired) electrons. The summed E-state index contributed by atoms with van der Waals surface area (Å²) >= 11 is 0. The number of para-hydroxylation sites is 1. The van der Waals surface area contributed by atoms with Gasteiger partial charge < -0.3 is 53.9 Å². The molecule has 1 aliphatic heterocycles. The maximum absolute atomic E-state index is 14.1. The van der Waals surface area contributed by atoms with E-state index in [1.807, 2.05) is 24.3 Å². The topological polar surface area (TPSA) is 260 Å². The average molecular weight is 700 g/mol. The first-order valence-electron chi connectivity index (χ1n) is 18.0. The Bertz CT molecular complexity index is 1380. The number of H-pyrrole nitrogens is 1. The molecule has 278 valence electrons. The molecule has 15 nitrogen and oxygen atoms in total. The molecule has 5 atom stereocenters. The zero-order valence-corrected chi connectivity index (χ0v) is 29.0. The first-order chi connectivity index (χ1) is 24.2. The zero-order valence-electron chi connectivity index (χ0n) is 29.0. The molecule has 13 N–H and O–H groups in total. The third kappa shape index (κ3) is 13.0. The van der Waals surface area contributed by atoms with Crippen molar-refractivity contribution in [2.75, 3.05) is 26.2 Å². The first-order valence-corrected chi connectivity index (χ1v) is 18.0. The van der Waals surface area contributed by atoms with Crippen LogP contribution in [0.3, 0.4) is 0 Å². The monoisotopic (exact) mass is 699 g/mol. The third-order valence-electron chi connectivity index (χ3n) is 9.08. The summed E-state index contributed by atoms with van der Waals surface area (Å²) in [6.07, 6.45) is 8.60. The maximum atomic E-state index is 14.1. The van der Waals surface area contributed by atoms with Crippen LogP contribution in [0.15, 0.2) is 30.5 Å². The SMILES string of the molecule is NCCCC[C@H](NC(=O)[C@H](CCCCN)NC(=O)[C@H](Cc1c[nH]c2ccccc12)NC(=O)[C@H](CCCCN)NC(=O)[C@@H]1CCCCN1)C(=O)O. The predicted octanol–water partition coefficient (Wildman–Crippen LogP) is 0.263. The molecule has 3 rings (SSSR count). The van der Waals surface area contributed by atoms with Crippen LogP contribution in [0.1, 0.15) is 82.6 Å². The fraction of sp³-hybridized carbons (Fsp3) is 0.629. The minimum atomic E-state index is -1.18. The van der Waals surface area contributed by atoms with Gasteiger partial charge in [-0.05, 0) is 108 Å². The number of hydrogen-bond donors (Lipinski definition) is 10. The number of carboxylic acids is 1. The van der Waals surface area contributed by atoms with Gasteiger partial charge in [0.05, 0.1) is 6.04 Å². The molecule has 2 heterocycles. The second-order valence-corrected chi connectivity index (χ2v) is 13.0. The number of nitrogens with one attached hydrogen (secondary N) is 6. The number of aromatic nitrogens is 1. The van der Waals surface area contributed by atoms with Crippen molar-refractivity contribution in [2.24, 2.45) is 17.2 Å². The van der Waals surface area contributed by atoms with Crippen molar-refractivity contribution in [3.63, 3.8) is 0 Å². The van der Waals surface area contributed by atoms with Gasteiger partial charge in [0.1, 0.15) is 24.2 Å². The van der Waals surface area contributed by atoms with E-state index in [4.69, 9.17) is 17.2 Å². The minimum absolute atomic E-state index is 0.0865. The van der Waals surface area contributed by atoms with E-state index in [0.29, 0.717) is 71.0 Å². The van der Waals surface area contributed by atoms with Gasteiger partial charge in [-0.15, -0.1) is 0 Å². The van der Waals surface area contributed by atoms with E-state index < -0.39 is 53.9 Å². The van der Waals surface area contributed by atoms with Gasteiger partial charge in [-0.2, -0.15) is 0 Å². The van der Waals surface area contributed by atoms with Crippen LogP contribution < -0.4 is 43.8 Å². The molecule has 1 aromatic heterocycles. The fourth-order valence-electron chi connectivity index (χ4n) is 6.17. The number of aromatic amines is 1. The van der Waals surface area contributed by atoms with Gasteiger partial charge in [0.15, 0.2) is 0 Å². The lowest BCUT2D eigenvalue weighted by molar-refractivity contribution is -0.142. The molecule has 1 saturated heterocycles. The summed E-state index contributed by atoms with van der Waals surface area (Å²) < 4.78 is 0. The Morgan fingerprint density at radius 2 is 1.26 bits per heavy atom. The Kier molecular flexibility index (Phi) is 17.7. The number of fused-ring (bicyclic) bond motifs is 1. The predicted molar refractivity (Wildman–Crippen MR) is 192 cm³/mol. The van der Waals surface area contributed by atoms with E-state index in [1.165, 1.54) is 0 Å². The summed E-state index contributed by atoms with van der Waals surface area (Å²) in [5.41, 5.74) is 18.6. The van der Waals surface area contributed by atoms with Crippen LogP contribution in [-0.4, -0.2) is 96.1 Å². The fourth-order valence-corrected chi connectivity index (χ4v) is 6.17.